The summed E-state index contributed by atoms with van der Waals surface area (Å²) in [6, 6.07) is 3.95. The van der Waals surface area contributed by atoms with Gasteiger partial charge >= 0.3 is 0 Å². The molecule has 0 unspecified atom stereocenters. The van der Waals surface area contributed by atoms with Crippen LogP contribution in [0.2, 0.25) is 5.15 Å². The minimum Gasteiger partial charge on any atom is -0.272 e. The summed E-state index contributed by atoms with van der Waals surface area (Å²) in [5, 5.41) is 14.0. The fourth-order valence-corrected chi connectivity index (χ4v) is 3.55. The molecule has 1 fully saturated rings. The number of hydrogen-bond donors (Lipinski definition) is 0. The summed E-state index contributed by atoms with van der Waals surface area (Å²) in [4.78, 5) is 4.25. The van der Waals surface area contributed by atoms with Crippen LogP contribution in [0.4, 0.5) is 0 Å². The van der Waals surface area contributed by atoms with Gasteiger partial charge in [0.25, 0.3) is 0 Å². The summed E-state index contributed by atoms with van der Waals surface area (Å²) in [7, 11) is 0. The van der Waals surface area contributed by atoms with Crippen molar-refractivity contribution in [2.75, 3.05) is 0 Å². The Labute approximate surface area is 135 Å². The summed E-state index contributed by atoms with van der Waals surface area (Å²) in [6.45, 7) is 5.04. The van der Waals surface area contributed by atoms with Gasteiger partial charge in [-0.3, -0.25) is 4.68 Å². The van der Waals surface area contributed by atoms with Gasteiger partial charge in [-0.05, 0) is 31.2 Å². The summed E-state index contributed by atoms with van der Waals surface area (Å²) < 4.78 is 1.99. The van der Waals surface area contributed by atoms with Crippen molar-refractivity contribution in [3.63, 3.8) is 0 Å². The first-order valence-corrected chi connectivity index (χ1v) is 7.99. The highest BCUT2D eigenvalue weighted by atomic mass is 35.5. The molecule has 1 saturated carbocycles. The molecule has 1 aliphatic rings. The van der Waals surface area contributed by atoms with E-state index in [1.165, 1.54) is 25.7 Å². The average molecular weight is 315 g/mol. The maximum Gasteiger partial charge on any atom is 0.137 e. The van der Waals surface area contributed by atoms with Crippen LogP contribution in [-0.2, 0) is 6.54 Å². The smallest absolute Gasteiger partial charge is 0.137 e. The maximum absolute atomic E-state index is 9.16. The Bertz CT molecular complexity index is 736. The summed E-state index contributed by atoms with van der Waals surface area (Å²) in [5.41, 5.74) is 3.23. The zero-order valence-corrected chi connectivity index (χ0v) is 13.7. The third-order valence-corrected chi connectivity index (χ3v) is 4.87. The predicted molar refractivity (Wildman–Crippen MR) is 86.5 cm³/mol. The SMILES string of the molecule is Cc1nc(Cl)c(-c2cnn(CC3(C)CCCC3)c2)cc1C#N. The molecule has 2 aromatic heterocycles. The maximum atomic E-state index is 9.16. The lowest BCUT2D eigenvalue weighted by Gasteiger charge is -2.22. The van der Waals surface area contributed by atoms with E-state index in [0.29, 0.717) is 21.8 Å². The molecule has 22 heavy (non-hydrogen) atoms. The van der Waals surface area contributed by atoms with Gasteiger partial charge in [-0.15, -0.1) is 0 Å². The highest BCUT2D eigenvalue weighted by molar-refractivity contribution is 6.32. The molecule has 1 aliphatic carbocycles. The van der Waals surface area contributed by atoms with E-state index in [0.717, 1.165) is 17.7 Å². The van der Waals surface area contributed by atoms with Crippen molar-refractivity contribution in [1.82, 2.24) is 14.8 Å². The standard InChI is InChI=1S/C17H19ClN4/c1-12-13(8-19)7-15(16(18)21-12)14-9-20-22(10-14)11-17(2)5-3-4-6-17/h7,9-10H,3-6,11H2,1-2H3. The first kappa shape index (κ1) is 15.1. The quantitative estimate of drug-likeness (QED) is 0.791. The number of nitrogens with zero attached hydrogens (tertiary/aromatic N) is 4. The first-order valence-electron chi connectivity index (χ1n) is 7.61. The Morgan fingerprint density at radius 3 is 2.82 bits per heavy atom. The van der Waals surface area contributed by atoms with Crippen molar-refractivity contribution in [2.45, 2.75) is 46.1 Å². The second-order valence-electron chi connectivity index (χ2n) is 6.52. The van der Waals surface area contributed by atoms with E-state index in [-0.39, 0.29) is 0 Å². The molecule has 2 aromatic rings. The normalized spacial score (nSPS) is 16.6. The van der Waals surface area contributed by atoms with E-state index in [9.17, 15) is 0 Å². The molecule has 0 atom stereocenters. The molecule has 3 rings (SSSR count). The van der Waals surface area contributed by atoms with Crippen molar-refractivity contribution < 1.29 is 0 Å². The average Bonchev–Trinajstić information content (AvgIpc) is 3.09. The Kier molecular flexibility index (Phi) is 3.92. The van der Waals surface area contributed by atoms with Crippen LogP contribution in [0.3, 0.4) is 0 Å². The zero-order chi connectivity index (χ0) is 15.7. The predicted octanol–water partition coefficient (Wildman–Crippen LogP) is 4.36. The van der Waals surface area contributed by atoms with E-state index >= 15 is 0 Å². The van der Waals surface area contributed by atoms with Gasteiger partial charge < -0.3 is 0 Å². The molecule has 0 bridgehead atoms. The van der Waals surface area contributed by atoms with Crippen LogP contribution < -0.4 is 0 Å². The van der Waals surface area contributed by atoms with Gasteiger partial charge in [-0.25, -0.2) is 4.98 Å². The van der Waals surface area contributed by atoms with Gasteiger partial charge in [0.05, 0.1) is 17.5 Å². The minimum absolute atomic E-state index is 0.344. The summed E-state index contributed by atoms with van der Waals surface area (Å²) >= 11 is 6.24. The third-order valence-electron chi connectivity index (χ3n) is 4.59. The molecule has 0 spiro atoms. The van der Waals surface area contributed by atoms with Gasteiger partial charge in [-0.2, -0.15) is 10.4 Å². The van der Waals surface area contributed by atoms with Gasteiger partial charge in [0.2, 0.25) is 0 Å². The van der Waals surface area contributed by atoms with E-state index in [1.54, 1.807) is 19.2 Å². The summed E-state index contributed by atoms with van der Waals surface area (Å²) in [6.07, 6.45) is 8.94. The number of aromatic nitrogens is 3. The largest absolute Gasteiger partial charge is 0.272 e. The van der Waals surface area contributed by atoms with Crippen LogP contribution in [0.1, 0.15) is 43.9 Å². The first-order chi connectivity index (χ1) is 10.5. The van der Waals surface area contributed by atoms with E-state index < -0.39 is 0 Å². The fraction of sp³-hybridized carbons (Fsp3) is 0.471. The van der Waals surface area contributed by atoms with Crippen molar-refractivity contribution in [3.8, 4) is 17.2 Å². The van der Waals surface area contributed by atoms with Gasteiger partial charge in [0, 0.05) is 23.9 Å². The number of halogens is 1. The second kappa shape index (κ2) is 5.73. The lowest BCUT2D eigenvalue weighted by atomic mass is 9.89. The van der Waals surface area contributed by atoms with Crippen LogP contribution >= 0.6 is 11.6 Å². The molecule has 0 saturated heterocycles. The molecular weight excluding hydrogens is 296 g/mol. The van der Waals surface area contributed by atoms with Gasteiger partial charge in [-0.1, -0.05) is 31.4 Å². The van der Waals surface area contributed by atoms with Crippen molar-refractivity contribution in [3.05, 3.63) is 34.9 Å². The van der Waals surface area contributed by atoms with E-state index in [2.05, 4.69) is 23.1 Å². The molecular formula is C17H19ClN4. The molecule has 114 valence electrons. The lowest BCUT2D eigenvalue weighted by Crippen LogP contribution is -2.19. The van der Waals surface area contributed by atoms with Crippen LogP contribution in [-0.4, -0.2) is 14.8 Å². The van der Waals surface area contributed by atoms with E-state index in [1.807, 2.05) is 10.9 Å². The lowest BCUT2D eigenvalue weighted by molar-refractivity contribution is 0.268. The fourth-order valence-electron chi connectivity index (χ4n) is 3.26. The topological polar surface area (TPSA) is 54.5 Å². The molecule has 0 aliphatic heterocycles. The number of aryl methyl sites for hydroxylation is 1. The molecule has 2 heterocycles. The zero-order valence-electron chi connectivity index (χ0n) is 12.9. The second-order valence-corrected chi connectivity index (χ2v) is 6.87. The van der Waals surface area contributed by atoms with Gasteiger partial charge in [0.15, 0.2) is 0 Å². The van der Waals surface area contributed by atoms with Crippen LogP contribution in [0.15, 0.2) is 18.5 Å². The Morgan fingerprint density at radius 2 is 2.14 bits per heavy atom. The van der Waals surface area contributed by atoms with Crippen LogP contribution in [0, 0.1) is 23.7 Å². The molecule has 0 radical (unpaired) electrons. The van der Waals surface area contributed by atoms with Gasteiger partial charge in [0.1, 0.15) is 11.2 Å². The van der Waals surface area contributed by atoms with Crippen LogP contribution in [0.5, 0.6) is 0 Å². The minimum atomic E-state index is 0.344. The highest BCUT2D eigenvalue weighted by Gasteiger charge is 2.29. The molecule has 5 heteroatoms. The monoisotopic (exact) mass is 314 g/mol. The van der Waals surface area contributed by atoms with Crippen molar-refractivity contribution in [2.24, 2.45) is 5.41 Å². The molecule has 0 amide bonds. The van der Waals surface area contributed by atoms with Crippen LogP contribution in [0.25, 0.3) is 11.1 Å². The Hall–Kier alpha value is -1.86. The van der Waals surface area contributed by atoms with Crippen molar-refractivity contribution >= 4 is 11.6 Å². The third kappa shape index (κ3) is 2.86. The molecule has 4 nitrogen and oxygen atoms in total. The number of hydrogen-bond acceptors (Lipinski definition) is 3. The number of nitriles is 1. The Morgan fingerprint density at radius 1 is 1.41 bits per heavy atom. The van der Waals surface area contributed by atoms with Crippen molar-refractivity contribution in [1.29, 1.82) is 5.26 Å². The molecule has 0 N–H and O–H groups in total. The highest BCUT2D eigenvalue weighted by Crippen LogP contribution is 2.39. The number of pyridine rings is 1. The summed E-state index contributed by atoms with van der Waals surface area (Å²) in [5.74, 6) is 0. The number of rotatable bonds is 3. The molecule has 0 aromatic carbocycles. The Balaban J connectivity index is 1.89. The van der Waals surface area contributed by atoms with E-state index in [4.69, 9.17) is 16.9 Å².